The largest absolute Gasteiger partial charge is 0.496 e. The summed E-state index contributed by atoms with van der Waals surface area (Å²) in [5, 5.41) is 21.9. The number of aromatic nitrogens is 4. The second-order valence-electron chi connectivity index (χ2n) is 8.47. The fourth-order valence-corrected chi connectivity index (χ4v) is 3.12. The summed E-state index contributed by atoms with van der Waals surface area (Å²) in [5.74, 6) is -0.0775. The maximum atomic E-state index is 12.3. The third-order valence-corrected chi connectivity index (χ3v) is 4.67. The van der Waals surface area contributed by atoms with Gasteiger partial charge >= 0.3 is 12.1 Å². The first-order valence-electron chi connectivity index (χ1n) is 10.3. The van der Waals surface area contributed by atoms with Gasteiger partial charge in [-0.3, -0.25) is 0 Å². The number of ether oxygens (including phenoxy) is 2. The molecule has 0 atom stereocenters. The van der Waals surface area contributed by atoms with Gasteiger partial charge in [0, 0.05) is 18.2 Å². The van der Waals surface area contributed by atoms with E-state index in [1.165, 1.54) is 15.8 Å². The van der Waals surface area contributed by atoms with Crippen LogP contribution < -0.4 is 4.74 Å². The average molecular weight is 453 g/mol. The summed E-state index contributed by atoms with van der Waals surface area (Å²) in [5.41, 5.74) is 1.65. The van der Waals surface area contributed by atoms with Gasteiger partial charge in [-0.05, 0) is 43.7 Å². The number of tetrazole rings is 1. The number of benzene rings is 2. The molecule has 0 unspecified atom stereocenters. The molecule has 0 saturated carbocycles. The van der Waals surface area contributed by atoms with Crippen LogP contribution in [-0.4, -0.2) is 62.0 Å². The van der Waals surface area contributed by atoms with E-state index in [1.807, 2.05) is 32.9 Å². The molecule has 0 bridgehead atoms. The zero-order valence-electron chi connectivity index (χ0n) is 19.3. The minimum absolute atomic E-state index is 0.172. The number of hydrogen-bond donors (Lipinski definition) is 1. The Kier molecular flexibility index (Phi) is 6.95. The van der Waals surface area contributed by atoms with E-state index in [-0.39, 0.29) is 12.1 Å². The Morgan fingerprint density at radius 3 is 2.52 bits per heavy atom. The molecule has 1 heterocycles. The van der Waals surface area contributed by atoms with Crippen LogP contribution in [0.25, 0.3) is 11.4 Å². The molecule has 0 spiro atoms. The SMILES string of the molecule is COc1cc(-c2nnn(Cc3ccccc3C(=O)O)n2)ccc1CN(C)C(=O)OC(C)(C)C. The van der Waals surface area contributed by atoms with Crippen molar-refractivity contribution in [3.05, 3.63) is 59.2 Å². The van der Waals surface area contributed by atoms with Gasteiger partial charge in [-0.1, -0.05) is 30.3 Å². The first-order chi connectivity index (χ1) is 15.6. The molecule has 3 aromatic rings. The van der Waals surface area contributed by atoms with Crippen molar-refractivity contribution in [2.45, 2.75) is 39.5 Å². The third-order valence-electron chi connectivity index (χ3n) is 4.67. The van der Waals surface area contributed by atoms with Gasteiger partial charge in [0.25, 0.3) is 0 Å². The van der Waals surface area contributed by atoms with Gasteiger partial charge in [-0.15, -0.1) is 10.2 Å². The Bertz CT molecular complexity index is 1150. The van der Waals surface area contributed by atoms with Crippen LogP contribution in [0.3, 0.4) is 0 Å². The number of methoxy groups -OCH3 is 1. The molecule has 1 aromatic heterocycles. The highest BCUT2D eigenvalue weighted by Gasteiger charge is 2.21. The van der Waals surface area contributed by atoms with Gasteiger partial charge < -0.3 is 19.5 Å². The molecule has 0 radical (unpaired) electrons. The molecule has 10 heteroatoms. The molecule has 0 aliphatic rings. The number of carbonyl (C=O) groups is 2. The number of carboxylic acids is 1. The number of nitrogens with zero attached hydrogens (tertiary/aromatic N) is 5. The van der Waals surface area contributed by atoms with Crippen LogP contribution in [0.15, 0.2) is 42.5 Å². The number of carboxylic acid groups (broad SMARTS) is 1. The van der Waals surface area contributed by atoms with E-state index < -0.39 is 17.7 Å². The summed E-state index contributed by atoms with van der Waals surface area (Å²) >= 11 is 0. The zero-order chi connectivity index (χ0) is 24.2. The normalized spacial score (nSPS) is 11.2. The maximum Gasteiger partial charge on any atom is 0.410 e. The Morgan fingerprint density at radius 2 is 1.85 bits per heavy atom. The molecular weight excluding hydrogens is 426 g/mol. The molecule has 0 aliphatic heterocycles. The number of amides is 1. The molecule has 1 N–H and O–H groups in total. The molecule has 174 valence electrons. The predicted molar refractivity (Wildman–Crippen MR) is 120 cm³/mol. The van der Waals surface area contributed by atoms with Crippen LogP contribution in [0.1, 0.15) is 42.3 Å². The van der Waals surface area contributed by atoms with Gasteiger partial charge in [-0.2, -0.15) is 4.80 Å². The topological polar surface area (TPSA) is 120 Å². The molecule has 1 amide bonds. The second kappa shape index (κ2) is 9.68. The number of rotatable bonds is 7. The predicted octanol–water partition coefficient (Wildman–Crippen LogP) is 3.46. The lowest BCUT2D eigenvalue weighted by molar-refractivity contribution is 0.0284. The minimum atomic E-state index is -1.01. The van der Waals surface area contributed by atoms with Crippen molar-refractivity contribution >= 4 is 12.1 Å². The van der Waals surface area contributed by atoms with E-state index >= 15 is 0 Å². The van der Waals surface area contributed by atoms with E-state index in [2.05, 4.69) is 15.4 Å². The van der Waals surface area contributed by atoms with Crippen LogP contribution in [0.4, 0.5) is 4.79 Å². The lowest BCUT2D eigenvalue weighted by atomic mass is 10.1. The summed E-state index contributed by atoms with van der Waals surface area (Å²) in [4.78, 5) is 26.5. The number of carbonyl (C=O) groups excluding carboxylic acids is 1. The fraction of sp³-hybridized carbons (Fsp3) is 0.348. The van der Waals surface area contributed by atoms with Crippen LogP contribution in [0.5, 0.6) is 5.75 Å². The van der Waals surface area contributed by atoms with Crippen molar-refractivity contribution in [1.29, 1.82) is 0 Å². The van der Waals surface area contributed by atoms with Gasteiger partial charge in [0.15, 0.2) is 0 Å². The smallest absolute Gasteiger partial charge is 0.410 e. The minimum Gasteiger partial charge on any atom is -0.496 e. The highest BCUT2D eigenvalue weighted by molar-refractivity contribution is 5.89. The van der Waals surface area contributed by atoms with Crippen LogP contribution in [-0.2, 0) is 17.8 Å². The van der Waals surface area contributed by atoms with Gasteiger partial charge in [0.2, 0.25) is 5.82 Å². The first-order valence-corrected chi connectivity index (χ1v) is 10.3. The molecule has 33 heavy (non-hydrogen) atoms. The number of aromatic carboxylic acids is 1. The highest BCUT2D eigenvalue weighted by Crippen LogP contribution is 2.26. The molecule has 3 rings (SSSR count). The Hall–Kier alpha value is -3.95. The zero-order valence-corrected chi connectivity index (χ0v) is 19.3. The van der Waals surface area contributed by atoms with Crippen molar-refractivity contribution in [3.8, 4) is 17.1 Å². The summed E-state index contributed by atoms with van der Waals surface area (Å²) < 4.78 is 10.9. The molecular formula is C23H27N5O5. The van der Waals surface area contributed by atoms with E-state index in [4.69, 9.17) is 9.47 Å². The summed E-state index contributed by atoms with van der Waals surface area (Å²) in [6.07, 6.45) is -0.431. The van der Waals surface area contributed by atoms with Gasteiger partial charge in [-0.25, -0.2) is 9.59 Å². The number of hydrogen-bond acceptors (Lipinski definition) is 7. The molecule has 0 fully saturated rings. The quantitative estimate of drug-likeness (QED) is 0.578. The van der Waals surface area contributed by atoms with E-state index in [0.717, 1.165) is 5.56 Å². The molecule has 10 nitrogen and oxygen atoms in total. The lowest BCUT2D eigenvalue weighted by Crippen LogP contribution is -2.33. The molecule has 2 aromatic carbocycles. The Morgan fingerprint density at radius 1 is 1.12 bits per heavy atom. The van der Waals surface area contributed by atoms with Crippen molar-refractivity contribution in [2.24, 2.45) is 0 Å². The summed E-state index contributed by atoms with van der Waals surface area (Å²) in [7, 11) is 3.20. The molecule has 0 aliphatic carbocycles. The van der Waals surface area contributed by atoms with Crippen molar-refractivity contribution in [2.75, 3.05) is 14.2 Å². The van der Waals surface area contributed by atoms with Crippen molar-refractivity contribution < 1.29 is 24.2 Å². The monoisotopic (exact) mass is 453 g/mol. The van der Waals surface area contributed by atoms with Crippen molar-refractivity contribution in [3.63, 3.8) is 0 Å². The van der Waals surface area contributed by atoms with Gasteiger partial charge in [0.05, 0.1) is 25.8 Å². The maximum absolute atomic E-state index is 12.3. The summed E-state index contributed by atoms with van der Waals surface area (Å²) in [6.45, 7) is 5.91. The third kappa shape index (κ3) is 6.06. The Balaban J connectivity index is 1.77. The van der Waals surface area contributed by atoms with Crippen LogP contribution >= 0.6 is 0 Å². The van der Waals surface area contributed by atoms with E-state index in [1.54, 1.807) is 38.4 Å². The van der Waals surface area contributed by atoms with Crippen molar-refractivity contribution in [1.82, 2.24) is 25.1 Å². The first kappa shape index (κ1) is 23.7. The fourth-order valence-electron chi connectivity index (χ4n) is 3.12. The standard InChI is InChI=1S/C23H27N5O5/c1-23(2,3)33-22(31)27(4)13-17-11-10-15(12-19(17)32-5)20-24-26-28(25-20)14-16-8-6-7-9-18(16)21(29)30/h6-12H,13-14H2,1-5H3,(H,29,30). The van der Waals surface area contributed by atoms with Gasteiger partial charge in [0.1, 0.15) is 11.4 Å². The molecule has 0 saturated heterocycles. The summed E-state index contributed by atoms with van der Waals surface area (Å²) in [6, 6.07) is 12.1. The van der Waals surface area contributed by atoms with E-state index in [9.17, 15) is 14.7 Å². The highest BCUT2D eigenvalue weighted by atomic mass is 16.6. The van der Waals surface area contributed by atoms with Crippen LogP contribution in [0.2, 0.25) is 0 Å². The van der Waals surface area contributed by atoms with Crippen LogP contribution in [0, 0.1) is 0 Å². The Labute approximate surface area is 191 Å². The second-order valence-corrected chi connectivity index (χ2v) is 8.47. The lowest BCUT2D eigenvalue weighted by Gasteiger charge is -2.25. The van der Waals surface area contributed by atoms with E-state index in [0.29, 0.717) is 29.2 Å². The average Bonchev–Trinajstić information content (AvgIpc) is 3.21.